The number of rotatable bonds is 4. The highest BCUT2D eigenvalue weighted by atomic mass is 19.1. The summed E-state index contributed by atoms with van der Waals surface area (Å²) in [6.45, 7) is 4.60. The molecule has 0 heterocycles. The van der Waals surface area contributed by atoms with E-state index in [1.54, 1.807) is 19.1 Å². The van der Waals surface area contributed by atoms with E-state index in [2.05, 4.69) is 12.2 Å². The number of nitrogens with one attached hydrogen (secondary N) is 1. The fourth-order valence-electron chi connectivity index (χ4n) is 3.59. The number of allylic oxidation sites excluding steroid dienone is 2. The number of aliphatic hydroxyl groups excluding tert-OH is 1. The second-order valence-electron chi connectivity index (χ2n) is 6.70. The van der Waals surface area contributed by atoms with Crippen molar-refractivity contribution in [2.24, 2.45) is 5.92 Å². The maximum Gasteiger partial charge on any atom is 0.317 e. The first-order valence-corrected chi connectivity index (χ1v) is 8.33. The van der Waals surface area contributed by atoms with Gasteiger partial charge in [0, 0.05) is 18.5 Å². The lowest BCUT2D eigenvalue weighted by Crippen LogP contribution is -2.49. The molecule has 0 aliphatic heterocycles. The summed E-state index contributed by atoms with van der Waals surface area (Å²) in [7, 11) is 0. The van der Waals surface area contributed by atoms with E-state index >= 15 is 0 Å². The zero-order valence-corrected chi connectivity index (χ0v) is 13.3. The maximum atomic E-state index is 13.8. The van der Waals surface area contributed by atoms with E-state index in [-0.39, 0.29) is 18.0 Å². The van der Waals surface area contributed by atoms with Gasteiger partial charge in [-0.1, -0.05) is 19.9 Å². The van der Waals surface area contributed by atoms with E-state index in [4.69, 9.17) is 0 Å². The third-order valence-corrected chi connectivity index (χ3v) is 4.98. The number of hydrogen-bond donors (Lipinski definition) is 2. The lowest BCUT2D eigenvalue weighted by atomic mass is 9.87. The maximum absolute atomic E-state index is 13.8. The normalized spacial score (nSPS) is 33.8. The number of carbonyl (C=O) groups is 1. The van der Waals surface area contributed by atoms with Crippen LogP contribution in [0.3, 0.4) is 0 Å². The molecule has 3 aliphatic rings. The molecule has 122 valence electrons. The minimum atomic E-state index is -1.05. The van der Waals surface area contributed by atoms with Crippen LogP contribution in [0.2, 0.25) is 0 Å². The number of urea groups is 1. The van der Waals surface area contributed by atoms with Crippen LogP contribution in [-0.4, -0.2) is 46.9 Å². The SMILES string of the molecule is CCCN(C(=O)NC1CC2=C(C(C)C(F)C=C2)C1O)C1CC1. The van der Waals surface area contributed by atoms with Crippen LogP contribution in [0.25, 0.3) is 0 Å². The molecule has 4 unspecified atom stereocenters. The van der Waals surface area contributed by atoms with Crippen LogP contribution in [0.4, 0.5) is 9.18 Å². The van der Waals surface area contributed by atoms with E-state index in [1.807, 2.05) is 4.90 Å². The van der Waals surface area contributed by atoms with Crippen molar-refractivity contribution in [3.63, 3.8) is 0 Å². The van der Waals surface area contributed by atoms with Gasteiger partial charge in [-0.15, -0.1) is 0 Å². The summed E-state index contributed by atoms with van der Waals surface area (Å²) >= 11 is 0. The van der Waals surface area contributed by atoms with E-state index in [9.17, 15) is 14.3 Å². The van der Waals surface area contributed by atoms with Crippen molar-refractivity contribution in [2.45, 2.75) is 63.9 Å². The van der Waals surface area contributed by atoms with Crippen LogP contribution in [0, 0.1) is 5.92 Å². The van der Waals surface area contributed by atoms with Gasteiger partial charge < -0.3 is 15.3 Å². The van der Waals surface area contributed by atoms with Crippen molar-refractivity contribution in [2.75, 3.05) is 6.54 Å². The molecule has 22 heavy (non-hydrogen) atoms. The Bertz CT molecular complexity index is 513. The molecule has 2 amide bonds. The fraction of sp³-hybridized carbons (Fsp3) is 0.706. The third-order valence-electron chi connectivity index (χ3n) is 4.98. The molecule has 3 rings (SSSR count). The van der Waals surface area contributed by atoms with Gasteiger partial charge in [0.05, 0.1) is 12.1 Å². The van der Waals surface area contributed by atoms with Gasteiger partial charge in [0.1, 0.15) is 6.17 Å². The van der Waals surface area contributed by atoms with Gasteiger partial charge in [-0.05, 0) is 42.9 Å². The lowest BCUT2D eigenvalue weighted by Gasteiger charge is -2.28. The summed E-state index contributed by atoms with van der Waals surface area (Å²) in [5, 5.41) is 13.5. The molecule has 0 saturated heterocycles. The van der Waals surface area contributed by atoms with Gasteiger partial charge in [0.15, 0.2) is 0 Å². The molecule has 1 saturated carbocycles. The first kappa shape index (κ1) is 15.5. The van der Waals surface area contributed by atoms with Gasteiger partial charge in [-0.25, -0.2) is 9.18 Å². The van der Waals surface area contributed by atoms with Crippen LogP contribution >= 0.6 is 0 Å². The predicted octanol–water partition coefficient (Wildman–Crippen LogP) is 2.54. The average molecular weight is 308 g/mol. The molecule has 0 radical (unpaired) electrons. The number of nitrogens with zero attached hydrogens (tertiary/aromatic N) is 1. The minimum absolute atomic E-state index is 0.0957. The number of carbonyl (C=O) groups excluding carboxylic acids is 1. The van der Waals surface area contributed by atoms with Crippen molar-refractivity contribution >= 4 is 6.03 Å². The van der Waals surface area contributed by atoms with Gasteiger partial charge in [-0.2, -0.15) is 0 Å². The van der Waals surface area contributed by atoms with Crippen LogP contribution in [-0.2, 0) is 0 Å². The molecule has 0 bridgehead atoms. The van der Waals surface area contributed by atoms with E-state index in [0.717, 1.165) is 37.0 Å². The first-order valence-electron chi connectivity index (χ1n) is 8.33. The Morgan fingerprint density at radius 2 is 2.23 bits per heavy atom. The zero-order valence-electron chi connectivity index (χ0n) is 13.3. The molecule has 1 fully saturated rings. The number of amides is 2. The Morgan fingerprint density at radius 1 is 1.50 bits per heavy atom. The summed E-state index contributed by atoms with van der Waals surface area (Å²) in [5.41, 5.74) is 1.74. The summed E-state index contributed by atoms with van der Waals surface area (Å²) < 4.78 is 13.8. The Balaban J connectivity index is 1.65. The quantitative estimate of drug-likeness (QED) is 0.838. The lowest BCUT2D eigenvalue weighted by molar-refractivity contribution is 0.144. The largest absolute Gasteiger partial charge is 0.387 e. The summed E-state index contributed by atoms with van der Waals surface area (Å²) in [5.74, 6) is -0.313. The molecule has 0 spiro atoms. The minimum Gasteiger partial charge on any atom is -0.387 e. The monoisotopic (exact) mass is 308 g/mol. The number of alkyl halides is 1. The molecule has 4 nitrogen and oxygen atoms in total. The second-order valence-corrected chi connectivity index (χ2v) is 6.70. The molecule has 0 aromatic rings. The highest BCUT2D eigenvalue weighted by molar-refractivity contribution is 5.75. The highest BCUT2D eigenvalue weighted by Crippen LogP contribution is 2.39. The van der Waals surface area contributed by atoms with Crippen molar-refractivity contribution in [3.05, 3.63) is 23.3 Å². The molecular formula is C17H25FN2O2. The predicted molar refractivity (Wildman–Crippen MR) is 83.2 cm³/mol. The van der Waals surface area contributed by atoms with Gasteiger partial charge in [0.2, 0.25) is 0 Å². The van der Waals surface area contributed by atoms with E-state index < -0.39 is 12.3 Å². The molecule has 3 aliphatic carbocycles. The fourth-order valence-corrected chi connectivity index (χ4v) is 3.59. The number of halogens is 1. The molecule has 5 heteroatoms. The molecule has 4 atom stereocenters. The Kier molecular flexibility index (Phi) is 4.26. The highest BCUT2D eigenvalue weighted by Gasteiger charge is 2.41. The Morgan fingerprint density at radius 3 is 2.86 bits per heavy atom. The average Bonchev–Trinajstić information content (AvgIpc) is 3.27. The van der Waals surface area contributed by atoms with E-state index in [0.29, 0.717) is 12.5 Å². The topological polar surface area (TPSA) is 52.6 Å². The smallest absolute Gasteiger partial charge is 0.317 e. The molecule has 2 N–H and O–H groups in total. The Hall–Kier alpha value is -1.36. The third kappa shape index (κ3) is 2.78. The standard InChI is InChI=1S/C17H25FN2O2/c1-3-8-20(12-5-6-12)17(22)19-14-9-11-4-7-13(18)10(2)15(11)16(14)21/h4,7,10,12-14,16,21H,3,5-6,8-9H2,1-2H3,(H,19,22). The van der Waals surface area contributed by atoms with Gasteiger partial charge >= 0.3 is 6.03 Å². The van der Waals surface area contributed by atoms with Gasteiger partial charge in [0.25, 0.3) is 0 Å². The summed E-state index contributed by atoms with van der Waals surface area (Å²) in [6, 6.07) is -0.0789. The number of aliphatic hydroxyl groups is 1. The molecule has 0 aromatic heterocycles. The van der Waals surface area contributed by atoms with Crippen molar-refractivity contribution in [1.29, 1.82) is 0 Å². The van der Waals surface area contributed by atoms with Crippen molar-refractivity contribution in [3.8, 4) is 0 Å². The van der Waals surface area contributed by atoms with Crippen LogP contribution in [0.1, 0.15) is 39.5 Å². The van der Waals surface area contributed by atoms with Crippen molar-refractivity contribution in [1.82, 2.24) is 10.2 Å². The van der Waals surface area contributed by atoms with Crippen LogP contribution in [0.15, 0.2) is 23.3 Å². The van der Waals surface area contributed by atoms with Crippen LogP contribution < -0.4 is 5.32 Å². The van der Waals surface area contributed by atoms with Gasteiger partial charge in [-0.3, -0.25) is 0 Å². The second kappa shape index (κ2) is 6.03. The first-order chi connectivity index (χ1) is 10.5. The zero-order chi connectivity index (χ0) is 15.9. The molecular weight excluding hydrogens is 283 g/mol. The van der Waals surface area contributed by atoms with E-state index in [1.165, 1.54) is 0 Å². The summed E-state index contributed by atoms with van der Waals surface area (Å²) in [4.78, 5) is 14.3. The Labute approximate surface area is 131 Å². The number of hydrogen-bond acceptors (Lipinski definition) is 2. The van der Waals surface area contributed by atoms with Crippen LogP contribution in [0.5, 0.6) is 0 Å². The molecule has 0 aromatic carbocycles. The van der Waals surface area contributed by atoms with Crippen molar-refractivity contribution < 1.29 is 14.3 Å². The summed E-state index contributed by atoms with van der Waals surface area (Å²) in [6.07, 6.45) is 5.13.